The maximum atomic E-state index is 12.4. The smallest absolute Gasteiger partial charge is 0.308 e. The van der Waals surface area contributed by atoms with Crippen molar-refractivity contribution < 1.29 is 19.1 Å². The maximum Gasteiger partial charge on any atom is 0.308 e. The number of nitrogens with zero attached hydrogens (tertiary/aromatic N) is 1. The van der Waals surface area contributed by atoms with Gasteiger partial charge in [-0.2, -0.15) is 0 Å². The molecule has 0 spiro atoms. The first-order valence-electron chi connectivity index (χ1n) is 6.58. The number of rotatable bonds is 2. The lowest BCUT2D eigenvalue weighted by Crippen LogP contribution is -2.30. The van der Waals surface area contributed by atoms with E-state index in [9.17, 15) is 9.59 Å². The first kappa shape index (κ1) is 12.7. The first-order chi connectivity index (χ1) is 9.58. The van der Waals surface area contributed by atoms with Gasteiger partial charge in [0.2, 0.25) is 0 Å². The van der Waals surface area contributed by atoms with Crippen molar-refractivity contribution in [3.63, 3.8) is 0 Å². The van der Waals surface area contributed by atoms with E-state index in [4.69, 9.17) is 9.52 Å². The summed E-state index contributed by atoms with van der Waals surface area (Å²) in [6.45, 7) is 2.57. The Bertz CT molecular complexity index is 688. The highest BCUT2D eigenvalue weighted by molar-refractivity contribution is 5.99. The number of hydrogen-bond acceptors (Lipinski definition) is 3. The third-order valence-electron chi connectivity index (χ3n) is 3.86. The Kier molecular flexibility index (Phi) is 2.97. The van der Waals surface area contributed by atoms with Gasteiger partial charge in [-0.25, -0.2) is 0 Å². The molecule has 5 heteroatoms. The quantitative estimate of drug-likeness (QED) is 0.911. The SMILES string of the molecule is Cc1c(C(=O)N2CCC(C(=O)O)C2)oc2ccccc12. The normalized spacial score (nSPS) is 18.6. The minimum Gasteiger partial charge on any atom is -0.481 e. The summed E-state index contributed by atoms with van der Waals surface area (Å²) in [6.07, 6.45) is 0.500. The maximum absolute atomic E-state index is 12.4. The van der Waals surface area contributed by atoms with Gasteiger partial charge in [0.1, 0.15) is 5.58 Å². The first-order valence-corrected chi connectivity index (χ1v) is 6.58. The van der Waals surface area contributed by atoms with E-state index >= 15 is 0 Å². The second-order valence-corrected chi connectivity index (χ2v) is 5.13. The summed E-state index contributed by atoms with van der Waals surface area (Å²) in [5.74, 6) is -1.22. The van der Waals surface area contributed by atoms with E-state index in [1.54, 1.807) is 4.90 Å². The molecule has 1 atom stereocenters. The number of carbonyl (C=O) groups excluding carboxylic acids is 1. The van der Waals surface area contributed by atoms with Gasteiger partial charge in [-0.1, -0.05) is 18.2 Å². The third-order valence-corrected chi connectivity index (χ3v) is 3.86. The van der Waals surface area contributed by atoms with Crippen molar-refractivity contribution in [2.45, 2.75) is 13.3 Å². The number of amides is 1. The molecule has 1 N–H and O–H groups in total. The van der Waals surface area contributed by atoms with Crippen molar-refractivity contribution >= 4 is 22.8 Å². The number of furan rings is 1. The number of aryl methyl sites for hydroxylation is 1. The second kappa shape index (κ2) is 4.67. The fourth-order valence-corrected chi connectivity index (χ4v) is 2.67. The number of likely N-dealkylation sites (tertiary alicyclic amines) is 1. The van der Waals surface area contributed by atoms with E-state index in [1.165, 1.54) is 0 Å². The van der Waals surface area contributed by atoms with Crippen LogP contribution in [-0.4, -0.2) is 35.0 Å². The third kappa shape index (κ3) is 1.95. The summed E-state index contributed by atoms with van der Waals surface area (Å²) in [7, 11) is 0. The molecule has 1 amide bonds. The van der Waals surface area contributed by atoms with Crippen LogP contribution in [0.5, 0.6) is 0 Å². The van der Waals surface area contributed by atoms with Crippen molar-refractivity contribution in [3.8, 4) is 0 Å². The van der Waals surface area contributed by atoms with Crippen LogP contribution in [-0.2, 0) is 4.79 Å². The van der Waals surface area contributed by atoms with Crippen LogP contribution in [0.25, 0.3) is 11.0 Å². The minimum absolute atomic E-state index is 0.220. The number of carbonyl (C=O) groups is 2. The van der Waals surface area contributed by atoms with Crippen LogP contribution in [0.3, 0.4) is 0 Å². The van der Waals surface area contributed by atoms with E-state index in [2.05, 4.69) is 0 Å². The largest absolute Gasteiger partial charge is 0.481 e. The highest BCUT2D eigenvalue weighted by Gasteiger charge is 2.33. The van der Waals surface area contributed by atoms with Crippen LogP contribution in [0.2, 0.25) is 0 Å². The number of carboxylic acids is 1. The molecule has 1 aliphatic heterocycles. The molecular formula is C15H15NO4. The van der Waals surface area contributed by atoms with E-state index in [0.717, 1.165) is 10.9 Å². The summed E-state index contributed by atoms with van der Waals surface area (Å²) in [4.78, 5) is 25.0. The number of carboxylic acid groups (broad SMARTS) is 1. The lowest BCUT2D eigenvalue weighted by molar-refractivity contribution is -0.141. The van der Waals surface area contributed by atoms with E-state index in [1.807, 2.05) is 31.2 Å². The molecule has 0 aliphatic carbocycles. The van der Waals surface area contributed by atoms with Crippen LogP contribution in [0.15, 0.2) is 28.7 Å². The van der Waals surface area contributed by atoms with Gasteiger partial charge in [-0.3, -0.25) is 9.59 Å². The molecule has 0 bridgehead atoms. The Hall–Kier alpha value is -2.30. The number of aliphatic carboxylic acids is 1. The molecule has 0 radical (unpaired) electrons. The molecule has 0 saturated carbocycles. The van der Waals surface area contributed by atoms with Crippen molar-refractivity contribution in [1.29, 1.82) is 0 Å². The predicted octanol–water partition coefficient (Wildman–Crippen LogP) is 2.29. The molecule has 1 unspecified atom stereocenters. The number of fused-ring (bicyclic) bond motifs is 1. The van der Waals surface area contributed by atoms with Crippen LogP contribution in [0.1, 0.15) is 22.5 Å². The fourth-order valence-electron chi connectivity index (χ4n) is 2.67. The van der Waals surface area contributed by atoms with Crippen molar-refractivity contribution in [2.75, 3.05) is 13.1 Å². The van der Waals surface area contributed by atoms with Crippen LogP contribution >= 0.6 is 0 Å². The minimum atomic E-state index is -0.846. The highest BCUT2D eigenvalue weighted by Crippen LogP contribution is 2.27. The summed E-state index contributed by atoms with van der Waals surface area (Å²) in [6, 6.07) is 7.49. The Morgan fingerprint density at radius 2 is 2.10 bits per heavy atom. The van der Waals surface area contributed by atoms with Gasteiger partial charge in [-0.05, 0) is 19.4 Å². The van der Waals surface area contributed by atoms with Gasteiger partial charge in [-0.15, -0.1) is 0 Å². The topological polar surface area (TPSA) is 70.8 Å². The second-order valence-electron chi connectivity index (χ2n) is 5.13. The molecule has 5 nitrogen and oxygen atoms in total. The standard InChI is InChI=1S/C15H15NO4/c1-9-11-4-2-3-5-12(11)20-13(9)14(17)16-7-6-10(8-16)15(18)19/h2-5,10H,6-8H2,1H3,(H,18,19). The van der Waals surface area contributed by atoms with Gasteiger partial charge < -0.3 is 14.4 Å². The van der Waals surface area contributed by atoms with Gasteiger partial charge in [0.15, 0.2) is 5.76 Å². The number of benzene rings is 1. The highest BCUT2D eigenvalue weighted by atomic mass is 16.4. The van der Waals surface area contributed by atoms with Crippen LogP contribution in [0, 0.1) is 12.8 Å². The molecule has 1 aliphatic rings. The Balaban J connectivity index is 1.90. The van der Waals surface area contributed by atoms with Gasteiger partial charge in [0, 0.05) is 24.0 Å². The summed E-state index contributed by atoms with van der Waals surface area (Å²) in [5, 5.41) is 9.91. The van der Waals surface area contributed by atoms with Crippen molar-refractivity contribution in [3.05, 3.63) is 35.6 Å². The summed E-state index contributed by atoms with van der Waals surface area (Å²) >= 11 is 0. The molecule has 1 aromatic carbocycles. The molecule has 1 aromatic heterocycles. The average Bonchev–Trinajstić information content (AvgIpc) is 3.04. The molecule has 2 heterocycles. The van der Waals surface area contributed by atoms with Crippen LogP contribution < -0.4 is 0 Å². The molecule has 1 saturated heterocycles. The van der Waals surface area contributed by atoms with E-state index in [-0.39, 0.29) is 12.5 Å². The molecule has 104 valence electrons. The lowest BCUT2D eigenvalue weighted by atomic mass is 10.1. The molecule has 1 fully saturated rings. The van der Waals surface area contributed by atoms with Gasteiger partial charge >= 0.3 is 5.97 Å². The molecule has 2 aromatic rings. The zero-order chi connectivity index (χ0) is 14.3. The monoisotopic (exact) mass is 273 g/mol. The average molecular weight is 273 g/mol. The molecule has 3 rings (SSSR count). The Labute approximate surface area is 115 Å². The predicted molar refractivity (Wildman–Crippen MR) is 72.6 cm³/mol. The zero-order valence-electron chi connectivity index (χ0n) is 11.1. The lowest BCUT2D eigenvalue weighted by Gasteiger charge is -2.14. The summed E-state index contributed by atoms with van der Waals surface area (Å²) < 4.78 is 5.63. The van der Waals surface area contributed by atoms with Crippen molar-refractivity contribution in [1.82, 2.24) is 4.90 Å². The Morgan fingerprint density at radius 3 is 2.75 bits per heavy atom. The van der Waals surface area contributed by atoms with Gasteiger partial charge in [0.05, 0.1) is 5.92 Å². The zero-order valence-corrected chi connectivity index (χ0v) is 11.1. The Morgan fingerprint density at radius 1 is 1.35 bits per heavy atom. The number of hydrogen-bond donors (Lipinski definition) is 1. The van der Waals surface area contributed by atoms with Gasteiger partial charge in [0.25, 0.3) is 5.91 Å². The molecular weight excluding hydrogens is 258 g/mol. The number of para-hydroxylation sites is 1. The molecule has 20 heavy (non-hydrogen) atoms. The van der Waals surface area contributed by atoms with Crippen LogP contribution in [0.4, 0.5) is 0 Å². The summed E-state index contributed by atoms with van der Waals surface area (Å²) in [5.41, 5.74) is 1.49. The van der Waals surface area contributed by atoms with E-state index < -0.39 is 11.9 Å². The fraction of sp³-hybridized carbons (Fsp3) is 0.333. The van der Waals surface area contributed by atoms with Crippen molar-refractivity contribution in [2.24, 2.45) is 5.92 Å². The van der Waals surface area contributed by atoms with E-state index in [0.29, 0.717) is 24.3 Å².